The molecule has 142 valence electrons. The number of ether oxygens (including phenoxy) is 2. The second kappa shape index (κ2) is 6.37. The smallest absolute Gasteiger partial charge is 0.261 e. The minimum absolute atomic E-state index is 0.116. The summed E-state index contributed by atoms with van der Waals surface area (Å²) in [6.07, 6.45) is 5.33. The third-order valence-electron chi connectivity index (χ3n) is 5.23. The fourth-order valence-electron chi connectivity index (χ4n) is 3.86. The van der Waals surface area contributed by atoms with Crippen LogP contribution in [0.3, 0.4) is 0 Å². The first-order valence-corrected chi connectivity index (χ1v) is 9.38. The van der Waals surface area contributed by atoms with E-state index in [1.807, 2.05) is 12.1 Å². The van der Waals surface area contributed by atoms with Crippen LogP contribution in [-0.4, -0.2) is 21.2 Å². The average Bonchev–Trinajstić information content (AvgIpc) is 3.30. The SMILES string of the molecule is O=C(Cn1cnc2ccccc2c1=O)Nc1ccc2c(c1)OC1(CCCC1)O2. The second-order valence-corrected chi connectivity index (χ2v) is 7.23. The third-order valence-corrected chi connectivity index (χ3v) is 5.23. The highest BCUT2D eigenvalue weighted by atomic mass is 16.7. The fraction of sp³-hybridized carbons (Fsp3) is 0.286. The van der Waals surface area contributed by atoms with Gasteiger partial charge in [-0.25, -0.2) is 4.98 Å². The van der Waals surface area contributed by atoms with Crippen LogP contribution >= 0.6 is 0 Å². The summed E-state index contributed by atoms with van der Waals surface area (Å²) < 4.78 is 13.3. The van der Waals surface area contributed by atoms with Gasteiger partial charge in [0, 0.05) is 24.6 Å². The van der Waals surface area contributed by atoms with E-state index in [0.29, 0.717) is 28.1 Å². The Kier molecular flexibility index (Phi) is 3.82. The molecule has 28 heavy (non-hydrogen) atoms. The highest BCUT2D eigenvalue weighted by Crippen LogP contribution is 2.47. The molecule has 1 N–H and O–H groups in total. The molecule has 0 atom stereocenters. The zero-order valence-corrected chi connectivity index (χ0v) is 15.2. The molecule has 7 nitrogen and oxygen atoms in total. The molecule has 1 saturated carbocycles. The maximum absolute atomic E-state index is 12.5. The molecule has 1 aromatic heterocycles. The number of benzene rings is 2. The van der Waals surface area contributed by atoms with Crippen molar-refractivity contribution in [1.29, 1.82) is 0 Å². The van der Waals surface area contributed by atoms with Gasteiger partial charge in [-0.15, -0.1) is 0 Å². The standard InChI is InChI=1S/C21H19N3O4/c25-19(12-24-13-22-16-6-2-1-5-15(16)20(24)26)23-14-7-8-17-18(11-14)28-21(27-17)9-3-4-10-21/h1-2,5-8,11,13H,3-4,9-10,12H2,(H,23,25). The van der Waals surface area contributed by atoms with Gasteiger partial charge in [0.15, 0.2) is 11.5 Å². The van der Waals surface area contributed by atoms with Crippen LogP contribution in [0, 0.1) is 0 Å². The molecule has 2 heterocycles. The number of fused-ring (bicyclic) bond motifs is 2. The molecule has 1 fully saturated rings. The summed E-state index contributed by atoms with van der Waals surface area (Å²) in [5.41, 5.74) is 0.972. The van der Waals surface area contributed by atoms with Gasteiger partial charge in [0.1, 0.15) is 6.54 Å². The highest BCUT2D eigenvalue weighted by molar-refractivity contribution is 5.91. The van der Waals surface area contributed by atoms with Crippen LogP contribution in [-0.2, 0) is 11.3 Å². The normalized spacial score (nSPS) is 16.6. The van der Waals surface area contributed by atoms with E-state index < -0.39 is 5.79 Å². The molecule has 3 aromatic rings. The van der Waals surface area contributed by atoms with Gasteiger partial charge in [-0.1, -0.05) is 12.1 Å². The lowest BCUT2D eigenvalue weighted by atomic mass is 10.2. The maximum atomic E-state index is 12.5. The largest absolute Gasteiger partial charge is 0.448 e. The summed E-state index contributed by atoms with van der Waals surface area (Å²) in [4.78, 5) is 29.2. The van der Waals surface area contributed by atoms with Gasteiger partial charge in [0.2, 0.25) is 5.91 Å². The van der Waals surface area contributed by atoms with Crippen LogP contribution in [0.2, 0.25) is 0 Å². The predicted octanol–water partition coefficient (Wildman–Crippen LogP) is 3.08. The Morgan fingerprint density at radius 3 is 2.75 bits per heavy atom. The Labute approximate surface area is 160 Å². The number of carbonyl (C=O) groups excluding carboxylic acids is 1. The maximum Gasteiger partial charge on any atom is 0.261 e. The van der Waals surface area contributed by atoms with Crippen molar-refractivity contribution in [1.82, 2.24) is 9.55 Å². The van der Waals surface area contributed by atoms with Crippen LogP contribution in [0.25, 0.3) is 10.9 Å². The fourth-order valence-corrected chi connectivity index (χ4v) is 3.86. The van der Waals surface area contributed by atoms with Gasteiger partial charge in [-0.3, -0.25) is 14.2 Å². The molecule has 0 bridgehead atoms. The lowest BCUT2D eigenvalue weighted by Crippen LogP contribution is -2.34. The molecule has 7 heteroatoms. The Morgan fingerprint density at radius 2 is 1.89 bits per heavy atom. The van der Waals surface area contributed by atoms with Crippen molar-refractivity contribution < 1.29 is 14.3 Å². The van der Waals surface area contributed by atoms with E-state index in [0.717, 1.165) is 25.7 Å². The molecule has 1 aliphatic carbocycles. The van der Waals surface area contributed by atoms with Crippen molar-refractivity contribution in [3.8, 4) is 11.5 Å². The van der Waals surface area contributed by atoms with Gasteiger partial charge in [-0.05, 0) is 37.1 Å². The van der Waals surface area contributed by atoms with Gasteiger partial charge in [0.05, 0.1) is 17.2 Å². The molecule has 5 rings (SSSR count). The van der Waals surface area contributed by atoms with Crippen LogP contribution < -0.4 is 20.3 Å². The first-order chi connectivity index (χ1) is 13.6. The van der Waals surface area contributed by atoms with Gasteiger partial charge >= 0.3 is 0 Å². The molecule has 1 aliphatic heterocycles. The highest BCUT2D eigenvalue weighted by Gasteiger charge is 2.44. The Morgan fingerprint density at radius 1 is 1.11 bits per heavy atom. The van der Waals surface area contributed by atoms with Crippen LogP contribution in [0.15, 0.2) is 53.6 Å². The topological polar surface area (TPSA) is 82.5 Å². The number of rotatable bonds is 3. The first-order valence-electron chi connectivity index (χ1n) is 9.38. The molecule has 2 aromatic carbocycles. The van der Waals surface area contributed by atoms with E-state index in [4.69, 9.17) is 9.47 Å². The number of hydrogen-bond donors (Lipinski definition) is 1. The molecular weight excluding hydrogens is 358 g/mol. The van der Waals surface area contributed by atoms with Crippen LogP contribution in [0.1, 0.15) is 25.7 Å². The monoisotopic (exact) mass is 377 g/mol. The Hall–Kier alpha value is -3.35. The summed E-state index contributed by atoms with van der Waals surface area (Å²) in [5.74, 6) is 0.502. The summed E-state index contributed by atoms with van der Waals surface area (Å²) in [7, 11) is 0. The van der Waals surface area contributed by atoms with Gasteiger partial charge in [-0.2, -0.15) is 0 Å². The van der Waals surface area contributed by atoms with Crippen LogP contribution in [0.4, 0.5) is 5.69 Å². The number of hydrogen-bond acceptors (Lipinski definition) is 5. The number of nitrogens with one attached hydrogen (secondary N) is 1. The predicted molar refractivity (Wildman–Crippen MR) is 104 cm³/mol. The Balaban J connectivity index is 1.32. The van der Waals surface area contributed by atoms with Crippen molar-refractivity contribution in [2.75, 3.05) is 5.32 Å². The molecular formula is C21H19N3O4. The summed E-state index contributed by atoms with van der Waals surface area (Å²) in [6.45, 7) is -0.116. The van der Waals surface area contributed by atoms with Crippen molar-refractivity contribution in [2.45, 2.75) is 38.0 Å². The molecule has 0 radical (unpaired) electrons. The molecule has 0 unspecified atom stereocenters. The van der Waals surface area contributed by atoms with E-state index >= 15 is 0 Å². The first kappa shape index (κ1) is 16.8. The van der Waals surface area contributed by atoms with Crippen molar-refractivity contribution in [3.05, 3.63) is 59.1 Å². The number of nitrogens with zero attached hydrogens (tertiary/aromatic N) is 2. The van der Waals surface area contributed by atoms with Crippen molar-refractivity contribution in [2.24, 2.45) is 0 Å². The van der Waals surface area contributed by atoms with E-state index in [2.05, 4.69) is 10.3 Å². The zero-order chi connectivity index (χ0) is 19.1. The van der Waals surface area contributed by atoms with Crippen molar-refractivity contribution >= 4 is 22.5 Å². The third kappa shape index (κ3) is 2.89. The molecule has 1 amide bonds. The summed E-state index contributed by atoms with van der Waals surface area (Å²) in [5, 5.41) is 3.30. The second-order valence-electron chi connectivity index (χ2n) is 7.23. The number of amides is 1. The molecule has 0 saturated heterocycles. The van der Waals surface area contributed by atoms with E-state index in [1.165, 1.54) is 10.9 Å². The average molecular weight is 377 g/mol. The van der Waals surface area contributed by atoms with Gasteiger partial charge < -0.3 is 14.8 Å². The minimum Gasteiger partial charge on any atom is -0.448 e. The van der Waals surface area contributed by atoms with Crippen LogP contribution in [0.5, 0.6) is 11.5 Å². The van der Waals surface area contributed by atoms with E-state index in [9.17, 15) is 9.59 Å². The van der Waals surface area contributed by atoms with Gasteiger partial charge in [0.25, 0.3) is 11.3 Å². The quantitative estimate of drug-likeness (QED) is 0.759. The molecule has 1 spiro atoms. The lowest BCUT2D eigenvalue weighted by Gasteiger charge is -2.21. The van der Waals surface area contributed by atoms with Crippen molar-refractivity contribution in [3.63, 3.8) is 0 Å². The lowest BCUT2D eigenvalue weighted by molar-refractivity contribution is -0.116. The number of para-hydroxylation sites is 1. The zero-order valence-electron chi connectivity index (χ0n) is 15.2. The number of carbonyl (C=O) groups is 1. The minimum atomic E-state index is -0.533. The van der Waals surface area contributed by atoms with E-state index in [1.54, 1.807) is 30.3 Å². The Bertz CT molecular complexity index is 1130. The summed E-state index contributed by atoms with van der Waals surface area (Å²) in [6, 6.07) is 12.4. The number of anilines is 1. The van der Waals surface area contributed by atoms with E-state index in [-0.39, 0.29) is 18.0 Å². The summed E-state index contributed by atoms with van der Waals surface area (Å²) >= 11 is 0. The molecule has 2 aliphatic rings. The number of aromatic nitrogens is 2.